The highest BCUT2D eigenvalue weighted by atomic mass is 16.7. The molecule has 0 saturated heterocycles. The third kappa shape index (κ3) is 3.63. The maximum atomic E-state index is 12.5. The van der Waals surface area contributed by atoms with Gasteiger partial charge in [-0.15, -0.1) is 5.06 Å². The molecular weight excluding hydrogens is 348 g/mol. The third-order valence-corrected chi connectivity index (χ3v) is 4.59. The van der Waals surface area contributed by atoms with E-state index in [0.717, 1.165) is 23.4 Å². The fourth-order valence-corrected chi connectivity index (χ4v) is 2.98. The van der Waals surface area contributed by atoms with Crippen LogP contribution in [0.3, 0.4) is 0 Å². The first-order valence-electron chi connectivity index (χ1n) is 8.99. The highest BCUT2D eigenvalue weighted by Gasteiger charge is 2.15. The zero-order chi connectivity index (χ0) is 19.6. The molecule has 0 aromatic carbocycles. The number of aryl methyl sites for hydroxylation is 3. The van der Waals surface area contributed by atoms with Crippen molar-refractivity contribution in [2.45, 2.75) is 26.9 Å². The fourth-order valence-electron chi connectivity index (χ4n) is 2.98. The highest BCUT2D eigenvalue weighted by Crippen LogP contribution is 2.08. The molecule has 0 saturated carbocycles. The van der Waals surface area contributed by atoms with Crippen molar-refractivity contribution in [3.8, 4) is 5.75 Å². The Labute approximate surface area is 156 Å². The van der Waals surface area contributed by atoms with Gasteiger partial charge in [0.25, 0.3) is 5.56 Å². The van der Waals surface area contributed by atoms with Crippen LogP contribution >= 0.6 is 0 Å². The molecule has 0 aliphatic heterocycles. The van der Waals surface area contributed by atoms with Crippen LogP contribution in [0, 0.1) is 0 Å². The molecule has 0 fully saturated rings. The molecular formula is C18H25N6O3+. The van der Waals surface area contributed by atoms with Crippen LogP contribution in [-0.4, -0.2) is 36.8 Å². The second-order valence-electron chi connectivity index (χ2n) is 6.30. The predicted molar refractivity (Wildman–Crippen MR) is 100 cm³/mol. The van der Waals surface area contributed by atoms with Crippen LogP contribution in [0.25, 0.3) is 11.2 Å². The van der Waals surface area contributed by atoms with Gasteiger partial charge in [0.05, 0.1) is 12.9 Å². The van der Waals surface area contributed by atoms with E-state index in [1.165, 1.54) is 11.6 Å². The van der Waals surface area contributed by atoms with Crippen molar-refractivity contribution in [1.29, 1.82) is 0 Å². The van der Waals surface area contributed by atoms with E-state index in [9.17, 15) is 9.59 Å². The van der Waals surface area contributed by atoms with Crippen molar-refractivity contribution in [2.75, 3.05) is 13.1 Å². The van der Waals surface area contributed by atoms with E-state index in [2.05, 4.69) is 4.98 Å². The Hall–Kier alpha value is -2.94. The van der Waals surface area contributed by atoms with Crippen LogP contribution in [0.4, 0.5) is 0 Å². The van der Waals surface area contributed by atoms with Gasteiger partial charge in [0, 0.05) is 33.3 Å². The Morgan fingerprint density at radius 2 is 1.93 bits per heavy atom. The lowest BCUT2D eigenvalue weighted by atomic mass is 10.4. The molecule has 0 atom stereocenters. The van der Waals surface area contributed by atoms with Crippen LogP contribution in [0.15, 0.2) is 40.4 Å². The Balaban J connectivity index is 1.84. The van der Waals surface area contributed by atoms with Crippen molar-refractivity contribution >= 4 is 11.2 Å². The third-order valence-electron chi connectivity index (χ3n) is 4.59. The lowest BCUT2D eigenvalue weighted by Gasteiger charge is -2.17. The average molecular weight is 373 g/mol. The van der Waals surface area contributed by atoms with Gasteiger partial charge in [-0.05, 0) is 19.9 Å². The van der Waals surface area contributed by atoms with E-state index in [-0.39, 0.29) is 11.2 Å². The van der Waals surface area contributed by atoms with Crippen molar-refractivity contribution in [1.82, 2.24) is 23.7 Å². The van der Waals surface area contributed by atoms with Gasteiger partial charge in [0.15, 0.2) is 23.9 Å². The minimum absolute atomic E-state index is 0.339. The number of imidazole rings is 1. The monoisotopic (exact) mass is 373 g/mol. The summed E-state index contributed by atoms with van der Waals surface area (Å²) in [7, 11) is 3.09. The van der Waals surface area contributed by atoms with Crippen LogP contribution in [0.5, 0.6) is 5.75 Å². The second kappa shape index (κ2) is 7.75. The molecule has 0 amide bonds. The van der Waals surface area contributed by atoms with E-state index in [4.69, 9.17) is 4.84 Å². The van der Waals surface area contributed by atoms with Crippen molar-refractivity contribution in [2.24, 2.45) is 14.1 Å². The summed E-state index contributed by atoms with van der Waals surface area (Å²) < 4.78 is 6.27. The first-order chi connectivity index (χ1) is 13.0. The summed E-state index contributed by atoms with van der Waals surface area (Å²) in [5.74, 6) is 0.759. The maximum Gasteiger partial charge on any atom is 0.332 e. The summed E-state index contributed by atoms with van der Waals surface area (Å²) in [4.78, 5) is 34.6. The number of aromatic nitrogens is 5. The number of hydroxylamine groups is 2. The van der Waals surface area contributed by atoms with E-state index in [0.29, 0.717) is 24.3 Å². The minimum atomic E-state index is -0.381. The molecule has 0 bridgehead atoms. The lowest BCUT2D eigenvalue weighted by molar-refractivity contribution is -0.698. The highest BCUT2D eigenvalue weighted by molar-refractivity contribution is 5.69. The largest absolute Gasteiger partial charge is 0.400 e. The van der Waals surface area contributed by atoms with Crippen LogP contribution in [0.1, 0.15) is 13.8 Å². The molecule has 0 spiro atoms. The fraction of sp³-hybridized carbons (Fsp3) is 0.444. The lowest BCUT2D eigenvalue weighted by Crippen LogP contribution is -2.39. The van der Waals surface area contributed by atoms with Crippen LogP contribution in [0.2, 0.25) is 0 Å². The van der Waals surface area contributed by atoms with Gasteiger partial charge in [-0.2, -0.15) is 4.57 Å². The van der Waals surface area contributed by atoms with Gasteiger partial charge in [0.2, 0.25) is 11.9 Å². The van der Waals surface area contributed by atoms with E-state index in [1.54, 1.807) is 17.9 Å². The minimum Gasteiger partial charge on any atom is -0.400 e. The van der Waals surface area contributed by atoms with Crippen molar-refractivity contribution < 1.29 is 9.40 Å². The van der Waals surface area contributed by atoms with Crippen LogP contribution < -0.4 is 20.7 Å². The summed E-state index contributed by atoms with van der Waals surface area (Å²) in [5, 5.41) is 1.87. The molecule has 9 heteroatoms. The summed E-state index contributed by atoms with van der Waals surface area (Å²) in [6, 6.07) is 3.83. The first kappa shape index (κ1) is 18.8. The molecule has 0 N–H and O–H groups in total. The zero-order valence-corrected chi connectivity index (χ0v) is 16.1. The number of hydrogen-bond acceptors (Lipinski definition) is 5. The summed E-state index contributed by atoms with van der Waals surface area (Å²) in [5.41, 5.74) is 0.102. The van der Waals surface area contributed by atoms with Gasteiger partial charge in [-0.3, -0.25) is 13.9 Å². The van der Waals surface area contributed by atoms with Gasteiger partial charge in [0.1, 0.15) is 0 Å². The normalized spacial score (nSPS) is 11.4. The molecule has 3 aromatic rings. The molecule has 0 unspecified atom stereocenters. The summed E-state index contributed by atoms with van der Waals surface area (Å²) in [6.07, 6.45) is 5.47. The second-order valence-corrected chi connectivity index (χ2v) is 6.30. The van der Waals surface area contributed by atoms with Crippen molar-refractivity contribution in [3.05, 3.63) is 51.7 Å². The van der Waals surface area contributed by atoms with E-state index >= 15 is 0 Å². The number of pyridine rings is 1. The standard InChI is InChI=1S/C18H25N6O3/c1-5-24(6-2)27-14-8-7-9-22(12-14)10-11-23-13-19-16-15(23)17(25)21(4)18(26)20(16)3/h7-9,12-13H,5-6,10-11H2,1-4H3/q+1. The van der Waals surface area contributed by atoms with Gasteiger partial charge < -0.3 is 9.40 Å². The average Bonchev–Trinajstić information content (AvgIpc) is 3.11. The maximum absolute atomic E-state index is 12.5. The molecule has 0 radical (unpaired) electrons. The first-order valence-corrected chi connectivity index (χ1v) is 8.99. The van der Waals surface area contributed by atoms with Gasteiger partial charge in [-0.1, -0.05) is 0 Å². The summed E-state index contributed by atoms with van der Waals surface area (Å²) in [6.45, 7) is 6.86. The van der Waals surface area contributed by atoms with E-state index in [1.807, 2.05) is 48.0 Å². The predicted octanol–water partition coefficient (Wildman–Crippen LogP) is 0.0570. The van der Waals surface area contributed by atoms with Crippen molar-refractivity contribution in [3.63, 3.8) is 0 Å². The smallest absolute Gasteiger partial charge is 0.332 e. The number of nitrogens with zero attached hydrogens (tertiary/aromatic N) is 6. The zero-order valence-electron chi connectivity index (χ0n) is 16.1. The quantitative estimate of drug-likeness (QED) is 0.432. The Bertz CT molecular complexity index is 1060. The molecule has 9 nitrogen and oxygen atoms in total. The van der Waals surface area contributed by atoms with Gasteiger partial charge >= 0.3 is 5.69 Å². The number of fused-ring (bicyclic) bond motifs is 1. The molecule has 0 aliphatic carbocycles. The number of rotatable bonds is 7. The molecule has 27 heavy (non-hydrogen) atoms. The van der Waals surface area contributed by atoms with Gasteiger partial charge in [-0.25, -0.2) is 9.78 Å². The Kier molecular flexibility index (Phi) is 5.41. The number of hydrogen-bond donors (Lipinski definition) is 0. The van der Waals surface area contributed by atoms with E-state index < -0.39 is 0 Å². The Morgan fingerprint density at radius 3 is 2.63 bits per heavy atom. The van der Waals surface area contributed by atoms with Crippen LogP contribution in [-0.2, 0) is 27.2 Å². The Morgan fingerprint density at radius 1 is 1.19 bits per heavy atom. The topological polar surface area (TPSA) is 78.2 Å². The molecule has 3 aromatic heterocycles. The molecule has 144 valence electrons. The molecule has 0 aliphatic rings. The molecule has 3 heterocycles. The summed E-state index contributed by atoms with van der Waals surface area (Å²) >= 11 is 0. The molecule has 3 rings (SSSR count). The SMILES string of the molecule is CCN(CC)Oc1ccc[n+](CCn2cnc3c2c(=O)n(C)c(=O)n3C)c1.